The first-order valence-corrected chi connectivity index (χ1v) is 10.5. The fourth-order valence-electron chi connectivity index (χ4n) is 3.53. The number of piperazine rings is 1. The van der Waals surface area contributed by atoms with Gasteiger partial charge in [-0.05, 0) is 49.4 Å². The lowest BCUT2D eigenvalue weighted by Gasteiger charge is -2.35. The van der Waals surface area contributed by atoms with Gasteiger partial charge >= 0.3 is 0 Å². The molecule has 7 nitrogen and oxygen atoms in total. The normalized spacial score (nSPS) is 13.8. The average molecular weight is 436 g/mol. The summed E-state index contributed by atoms with van der Waals surface area (Å²) < 4.78 is 18.9. The number of hydrogen-bond acceptors (Lipinski definition) is 6. The number of anilines is 2. The van der Waals surface area contributed by atoms with Gasteiger partial charge < -0.3 is 19.4 Å². The van der Waals surface area contributed by atoms with Gasteiger partial charge in [-0.1, -0.05) is 6.07 Å². The van der Waals surface area contributed by atoms with Crippen molar-refractivity contribution in [3.63, 3.8) is 0 Å². The molecule has 0 atom stereocenters. The number of rotatable bonds is 5. The number of carbonyl (C=O) groups is 1. The summed E-state index contributed by atoms with van der Waals surface area (Å²) in [5.41, 5.74) is 1.47. The minimum Gasteiger partial charge on any atom is -0.457 e. The fourth-order valence-corrected chi connectivity index (χ4v) is 3.53. The SMILES string of the molecule is Cc1cc(N(C)C)nc(N2CCN(C(=O)c3cccc(Oc4ccc(F)cc4)c3)CC2)n1. The van der Waals surface area contributed by atoms with Crippen molar-refractivity contribution in [2.75, 3.05) is 50.1 Å². The Morgan fingerprint density at radius 3 is 2.38 bits per heavy atom. The highest BCUT2D eigenvalue weighted by Crippen LogP contribution is 2.24. The van der Waals surface area contributed by atoms with Crippen LogP contribution in [0, 0.1) is 12.7 Å². The molecule has 2 heterocycles. The van der Waals surface area contributed by atoms with Crippen molar-refractivity contribution in [2.45, 2.75) is 6.92 Å². The second-order valence-electron chi connectivity index (χ2n) is 7.93. The van der Waals surface area contributed by atoms with E-state index < -0.39 is 0 Å². The van der Waals surface area contributed by atoms with Crippen molar-refractivity contribution < 1.29 is 13.9 Å². The first kappa shape index (κ1) is 21.5. The Balaban J connectivity index is 1.41. The van der Waals surface area contributed by atoms with Crippen LogP contribution in [0.3, 0.4) is 0 Å². The molecule has 1 fully saturated rings. The maximum absolute atomic E-state index is 13.1. The van der Waals surface area contributed by atoms with E-state index in [1.807, 2.05) is 36.9 Å². The van der Waals surface area contributed by atoms with Crippen LogP contribution in [0.1, 0.15) is 16.1 Å². The minimum absolute atomic E-state index is 0.0478. The molecule has 3 aromatic rings. The van der Waals surface area contributed by atoms with E-state index in [9.17, 15) is 9.18 Å². The van der Waals surface area contributed by atoms with Crippen molar-refractivity contribution in [3.05, 3.63) is 71.7 Å². The number of amides is 1. The van der Waals surface area contributed by atoms with Gasteiger partial charge in [0.1, 0.15) is 23.1 Å². The summed E-state index contributed by atoms with van der Waals surface area (Å²) in [4.78, 5) is 28.2. The van der Waals surface area contributed by atoms with E-state index in [2.05, 4.69) is 14.9 Å². The molecule has 8 heteroatoms. The van der Waals surface area contributed by atoms with Crippen LogP contribution in [-0.2, 0) is 0 Å². The Labute approximate surface area is 187 Å². The van der Waals surface area contributed by atoms with Crippen LogP contribution in [0.4, 0.5) is 16.2 Å². The topological polar surface area (TPSA) is 61.8 Å². The number of nitrogens with zero attached hydrogens (tertiary/aromatic N) is 5. The van der Waals surface area contributed by atoms with Gasteiger partial charge in [0.05, 0.1) is 0 Å². The number of aryl methyl sites for hydroxylation is 1. The molecule has 0 saturated carbocycles. The van der Waals surface area contributed by atoms with Crippen LogP contribution in [0.15, 0.2) is 54.6 Å². The Bertz CT molecular complexity index is 1100. The highest BCUT2D eigenvalue weighted by molar-refractivity contribution is 5.94. The van der Waals surface area contributed by atoms with Gasteiger partial charge in [-0.3, -0.25) is 4.79 Å². The summed E-state index contributed by atoms with van der Waals surface area (Å²) in [5, 5.41) is 0. The summed E-state index contributed by atoms with van der Waals surface area (Å²) in [5.74, 6) is 2.23. The summed E-state index contributed by atoms with van der Waals surface area (Å²) >= 11 is 0. The molecule has 1 aliphatic rings. The van der Waals surface area contributed by atoms with Crippen molar-refractivity contribution in [1.82, 2.24) is 14.9 Å². The number of hydrogen-bond donors (Lipinski definition) is 0. The number of carbonyl (C=O) groups excluding carboxylic acids is 1. The third kappa shape index (κ3) is 4.96. The second-order valence-corrected chi connectivity index (χ2v) is 7.93. The maximum atomic E-state index is 13.1. The zero-order chi connectivity index (χ0) is 22.7. The molecule has 4 rings (SSSR count). The van der Waals surface area contributed by atoms with Crippen molar-refractivity contribution in [3.8, 4) is 11.5 Å². The summed E-state index contributed by atoms with van der Waals surface area (Å²) in [7, 11) is 3.91. The highest BCUT2D eigenvalue weighted by Gasteiger charge is 2.24. The number of halogens is 1. The maximum Gasteiger partial charge on any atom is 0.254 e. The van der Waals surface area contributed by atoms with Gasteiger partial charge in [-0.2, -0.15) is 4.98 Å². The minimum atomic E-state index is -0.325. The Kier molecular flexibility index (Phi) is 6.20. The molecular weight excluding hydrogens is 409 g/mol. The molecule has 0 aliphatic carbocycles. The molecular formula is C24H26FN5O2. The van der Waals surface area contributed by atoms with Crippen LogP contribution in [0.25, 0.3) is 0 Å². The highest BCUT2D eigenvalue weighted by atomic mass is 19.1. The summed E-state index contributed by atoms with van der Waals surface area (Å²) in [6.07, 6.45) is 0. The Morgan fingerprint density at radius 1 is 0.969 bits per heavy atom. The van der Waals surface area contributed by atoms with Crippen LogP contribution in [0.5, 0.6) is 11.5 Å². The third-order valence-corrected chi connectivity index (χ3v) is 5.27. The predicted octanol–water partition coefficient (Wildman–Crippen LogP) is 3.74. The van der Waals surface area contributed by atoms with Crippen LogP contribution < -0.4 is 14.5 Å². The third-order valence-electron chi connectivity index (χ3n) is 5.27. The van der Waals surface area contributed by atoms with E-state index in [-0.39, 0.29) is 11.7 Å². The van der Waals surface area contributed by atoms with Crippen LogP contribution in [0.2, 0.25) is 0 Å². The van der Waals surface area contributed by atoms with E-state index >= 15 is 0 Å². The van der Waals surface area contributed by atoms with Gasteiger partial charge in [-0.25, -0.2) is 9.37 Å². The molecule has 32 heavy (non-hydrogen) atoms. The number of ether oxygens (including phenoxy) is 1. The van der Waals surface area contributed by atoms with Crippen molar-refractivity contribution in [2.24, 2.45) is 0 Å². The molecule has 0 bridgehead atoms. The van der Waals surface area contributed by atoms with Gasteiger partial charge in [-0.15, -0.1) is 0 Å². The zero-order valence-electron chi connectivity index (χ0n) is 18.5. The van der Waals surface area contributed by atoms with E-state index in [1.165, 1.54) is 12.1 Å². The van der Waals surface area contributed by atoms with Crippen LogP contribution >= 0.6 is 0 Å². The smallest absolute Gasteiger partial charge is 0.254 e. The van der Waals surface area contributed by atoms with Gasteiger partial charge in [0.2, 0.25) is 5.95 Å². The summed E-state index contributed by atoms with van der Waals surface area (Å²) in [6.45, 7) is 4.44. The number of benzene rings is 2. The lowest BCUT2D eigenvalue weighted by molar-refractivity contribution is 0.0746. The van der Waals surface area contributed by atoms with E-state index in [1.54, 1.807) is 36.4 Å². The predicted molar refractivity (Wildman–Crippen MR) is 122 cm³/mol. The molecule has 1 aromatic heterocycles. The standard InChI is InChI=1S/C24H26FN5O2/c1-17-15-22(28(2)3)27-24(26-17)30-13-11-29(12-14-30)23(31)18-5-4-6-21(16-18)32-20-9-7-19(25)8-10-20/h4-10,15-16H,11-14H2,1-3H3. The first-order chi connectivity index (χ1) is 15.4. The zero-order valence-corrected chi connectivity index (χ0v) is 18.5. The molecule has 2 aromatic carbocycles. The second kappa shape index (κ2) is 9.21. The summed E-state index contributed by atoms with van der Waals surface area (Å²) in [6, 6.07) is 14.8. The van der Waals surface area contributed by atoms with Crippen molar-refractivity contribution >= 4 is 17.7 Å². The Hall–Kier alpha value is -3.68. The molecule has 1 aliphatic heterocycles. The van der Waals surface area contributed by atoms with E-state index in [4.69, 9.17) is 4.74 Å². The van der Waals surface area contributed by atoms with Gasteiger partial charge in [0.25, 0.3) is 5.91 Å². The van der Waals surface area contributed by atoms with E-state index in [0.29, 0.717) is 49.2 Å². The molecule has 1 saturated heterocycles. The first-order valence-electron chi connectivity index (χ1n) is 10.5. The van der Waals surface area contributed by atoms with Gasteiger partial charge in [0.15, 0.2) is 0 Å². The molecule has 1 amide bonds. The monoisotopic (exact) mass is 435 g/mol. The van der Waals surface area contributed by atoms with E-state index in [0.717, 1.165) is 11.5 Å². The largest absolute Gasteiger partial charge is 0.457 e. The molecule has 0 radical (unpaired) electrons. The quantitative estimate of drug-likeness (QED) is 0.608. The van der Waals surface area contributed by atoms with Crippen LogP contribution in [-0.4, -0.2) is 61.0 Å². The molecule has 0 spiro atoms. The molecule has 0 unspecified atom stereocenters. The fraction of sp³-hybridized carbons (Fsp3) is 0.292. The van der Waals surface area contributed by atoms with Crippen molar-refractivity contribution in [1.29, 1.82) is 0 Å². The molecule has 166 valence electrons. The number of aromatic nitrogens is 2. The lowest BCUT2D eigenvalue weighted by Crippen LogP contribution is -2.49. The molecule has 0 N–H and O–H groups in total. The van der Waals surface area contributed by atoms with Gasteiger partial charge in [0, 0.05) is 57.6 Å². The Morgan fingerprint density at radius 2 is 1.69 bits per heavy atom. The average Bonchev–Trinajstić information content (AvgIpc) is 2.80. The lowest BCUT2D eigenvalue weighted by atomic mass is 10.1.